The minimum atomic E-state index is -0.911. The molecule has 1 fully saturated rings. The summed E-state index contributed by atoms with van der Waals surface area (Å²) in [6.45, 7) is 2.45. The van der Waals surface area contributed by atoms with Crippen LogP contribution in [0.3, 0.4) is 0 Å². The van der Waals surface area contributed by atoms with Crippen molar-refractivity contribution in [1.82, 2.24) is 4.90 Å². The lowest BCUT2D eigenvalue weighted by atomic mass is 9.90. The van der Waals surface area contributed by atoms with Crippen LogP contribution in [0.4, 0.5) is 0 Å². The molecule has 0 aromatic heterocycles. The van der Waals surface area contributed by atoms with Gasteiger partial charge in [0.05, 0.1) is 6.42 Å². The molecule has 1 saturated heterocycles. The fourth-order valence-electron chi connectivity index (χ4n) is 3.56. The van der Waals surface area contributed by atoms with Gasteiger partial charge in [0.25, 0.3) is 0 Å². The summed E-state index contributed by atoms with van der Waals surface area (Å²) < 4.78 is 0. The summed E-state index contributed by atoms with van der Waals surface area (Å²) in [5, 5.41) is 11.2. The van der Waals surface area contributed by atoms with Crippen LogP contribution in [0, 0.1) is 5.92 Å². The molecule has 1 N–H and O–H groups in total. The van der Waals surface area contributed by atoms with Gasteiger partial charge < -0.3 is 10.0 Å². The predicted molar refractivity (Wildman–Crippen MR) is 94.3 cm³/mol. The van der Waals surface area contributed by atoms with E-state index < -0.39 is 11.9 Å². The summed E-state index contributed by atoms with van der Waals surface area (Å²) in [6, 6.07) is 13.4. The van der Waals surface area contributed by atoms with E-state index in [2.05, 4.69) is 4.90 Å². The van der Waals surface area contributed by atoms with Gasteiger partial charge in [-0.25, -0.2) is 0 Å². The standard InChI is InChI=1S/C20H23NO3/c22-19(23)13-16(14-21-11-4-1-5-12-21)20(24)18-10-6-8-15-7-2-3-9-17(15)18/h2-3,6-10,16H,1,4-5,11-14H2,(H,22,23). The molecule has 0 aliphatic carbocycles. The van der Waals surface area contributed by atoms with Crippen molar-refractivity contribution < 1.29 is 14.7 Å². The van der Waals surface area contributed by atoms with Crippen LogP contribution in [0.15, 0.2) is 42.5 Å². The van der Waals surface area contributed by atoms with Crippen molar-refractivity contribution in [2.75, 3.05) is 19.6 Å². The number of nitrogens with zero attached hydrogens (tertiary/aromatic N) is 1. The molecule has 2 aromatic carbocycles. The van der Waals surface area contributed by atoms with Crippen molar-refractivity contribution in [3.05, 3.63) is 48.0 Å². The molecule has 0 amide bonds. The van der Waals surface area contributed by atoms with Crippen LogP contribution < -0.4 is 0 Å². The summed E-state index contributed by atoms with van der Waals surface area (Å²) in [5.74, 6) is -1.46. The normalized spacial score (nSPS) is 16.8. The summed E-state index contributed by atoms with van der Waals surface area (Å²) in [7, 11) is 0. The van der Waals surface area contributed by atoms with E-state index in [1.165, 1.54) is 6.42 Å². The van der Waals surface area contributed by atoms with E-state index in [1.54, 1.807) is 0 Å². The lowest BCUT2D eigenvalue weighted by Crippen LogP contribution is -2.37. The molecule has 126 valence electrons. The monoisotopic (exact) mass is 325 g/mol. The van der Waals surface area contributed by atoms with Gasteiger partial charge in [-0.2, -0.15) is 0 Å². The molecule has 0 bridgehead atoms. The van der Waals surface area contributed by atoms with Gasteiger partial charge in [0.15, 0.2) is 5.78 Å². The third-order valence-electron chi connectivity index (χ3n) is 4.77. The first-order valence-electron chi connectivity index (χ1n) is 8.61. The number of piperidine rings is 1. The number of carbonyl (C=O) groups excluding carboxylic acids is 1. The minimum absolute atomic E-state index is 0.0558. The number of fused-ring (bicyclic) bond motifs is 1. The Bertz CT molecular complexity index is 729. The topological polar surface area (TPSA) is 57.6 Å². The second kappa shape index (κ2) is 7.58. The van der Waals surface area contributed by atoms with Crippen molar-refractivity contribution in [3.63, 3.8) is 0 Å². The number of Topliss-reactive ketones (excluding diaryl/α,β-unsaturated/α-hetero) is 1. The molecule has 1 atom stereocenters. The van der Waals surface area contributed by atoms with Gasteiger partial charge in [-0.05, 0) is 36.7 Å². The van der Waals surface area contributed by atoms with Gasteiger partial charge in [0.1, 0.15) is 0 Å². The van der Waals surface area contributed by atoms with Crippen LogP contribution in [0.1, 0.15) is 36.0 Å². The highest BCUT2D eigenvalue weighted by atomic mass is 16.4. The van der Waals surface area contributed by atoms with Gasteiger partial charge in [-0.3, -0.25) is 9.59 Å². The Hall–Kier alpha value is -2.20. The lowest BCUT2D eigenvalue weighted by molar-refractivity contribution is -0.137. The first-order valence-corrected chi connectivity index (χ1v) is 8.61. The van der Waals surface area contributed by atoms with E-state index in [1.807, 2.05) is 42.5 Å². The van der Waals surface area contributed by atoms with Crippen LogP contribution in [0.5, 0.6) is 0 Å². The molecule has 1 aliphatic heterocycles. The number of carboxylic acid groups (broad SMARTS) is 1. The van der Waals surface area contributed by atoms with Gasteiger partial charge in [0.2, 0.25) is 0 Å². The summed E-state index contributed by atoms with van der Waals surface area (Å²) >= 11 is 0. The Morgan fingerprint density at radius 1 is 1.00 bits per heavy atom. The Labute approximate surface area is 142 Å². The number of likely N-dealkylation sites (tertiary alicyclic amines) is 1. The Morgan fingerprint density at radius 2 is 1.71 bits per heavy atom. The SMILES string of the molecule is O=C(O)CC(CN1CCCCC1)C(=O)c1cccc2ccccc12. The maximum atomic E-state index is 13.1. The molecule has 1 unspecified atom stereocenters. The quantitative estimate of drug-likeness (QED) is 0.825. The Balaban J connectivity index is 1.87. The van der Waals surface area contributed by atoms with E-state index in [9.17, 15) is 14.7 Å². The van der Waals surface area contributed by atoms with Crippen molar-refractivity contribution in [2.24, 2.45) is 5.92 Å². The van der Waals surface area contributed by atoms with Gasteiger partial charge in [0, 0.05) is 18.0 Å². The highest BCUT2D eigenvalue weighted by Gasteiger charge is 2.27. The molecule has 24 heavy (non-hydrogen) atoms. The number of aliphatic carboxylic acids is 1. The zero-order valence-electron chi connectivity index (χ0n) is 13.8. The minimum Gasteiger partial charge on any atom is -0.481 e. The summed E-state index contributed by atoms with van der Waals surface area (Å²) in [5.41, 5.74) is 0.636. The van der Waals surface area contributed by atoms with Crippen LogP contribution in [0.2, 0.25) is 0 Å². The number of ketones is 1. The van der Waals surface area contributed by atoms with Crippen LogP contribution >= 0.6 is 0 Å². The second-order valence-electron chi connectivity index (χ2n) is 6.55. The first kappa shape index (κ1) is 16.7. The maximum Gasteiger partial charge on any atom is 0.304 e. The molecular weight excluding hydrogens is 302 g/mol. The van der Waals surface area contributed by atoms with Crippen molar-refractivity contribution >= 4 is 22.5 Å². The zero-order valence-corrected chi connectivity index (χ0v) is 13.8. The van der Waals surface area contributed by atoms with Crippen LogP contribution in [-0.2, 0) is 4.79 Å². The second-order valence-corrected chi connectivity index (χ2v) is 6.55. The Morgan fingerprint density at radius 3 is 2.46 bits per heavy atom. The third kappa shape index (κ3) is 3.82. The first-order chi connectivity index (χ1) is 11.6. The molecule has 2 aromatic rings. The molecule has 0 saturated carbocycles. The highest BCUT2D eigenvalue weighted by molar-refractivity contribution is 6.09. The van der Waals surface area contributed by atoms with E-state index in [0.29, 0.717) is 12.1 Å². The van der Waals surface area contributed by atoms with Gasteiger partial charge >= 0.3 is 5.97 Å². The number of carbonyl (C=O) groups is 2. The van der Waals surface area contributed by atoms with Crippen molar-refractivity contribution in [3.8, 4) is 0 Å². The number of carboxylic acids is 1. The summed E-state index contributed by atoms with van der Waals surface area (Å²) in [4.78, 5) is 26.6. The van der Waals surface area contributed by atoms with E-state index in [0.717, 1.165) is 36.7 Å². The van der Waals surface area contributed by atoms with E-state index >= 15 is 0 Å². The molecule has 1 heterocycles. The average Bonchev–Trinajstić information content (AvgIpc) is 2.60. The lowest BCUT2D eigenvalue weighted by Gasteiger charge is -2.29. The van der Waals surface area contributed by atoms with Crippen LogP contribution in [-0.4, -0.2) is 41.4 Å². The van der Waals surface area contributed by atoms with Gasteiger partial charge in [-0.1, -0.05) is 48.9 Å². The number of rotatable bonds is 6. The smallest absolute Gasteiger partial charge is 0.304 e. The summed E-state index contributed by atoms with van der Waals surface area (Å²) in [6.07, 6.45) is 3.36. The maximum absolute atomic E-state index is 13.1. The highest BCUT2D eigenvalue weighted by Crippen LogP contribution is 2.24. The molecular formula is C20H23NO3. The van der Waals surface area contributed by atoms with Crippen molar-refractivity contribution in [2.45, 2.75) is 25.7 Å². The van der Waals surface area contributed by atoms with E-state index in [4.69, 9.17) is 0 Å². The van der Waals surface area contributed by atoms with Crippen LogP contribution in [0.25, 0.3) is 10.8 Å². The number of hydrogen-bond acceptors (Lipinski definition) is 3. The predicted octanol–water partition coefficient (Wildman–Crippen LogP) is 3.60. The van der Waals surface area contributed by atoms with Crippen molar-refractivity contribution in [1.29, 1.82) is 0 Å². The van der Waals surface area contributed by atoms with E-state index in [-0.39, 0.29) is 12.2 Å². The Kier molecular flexibility index (Phi) is 5.26. The van der Waals surface area contributed by atoms with Gasteiger partial charge in [-0.15, -0.1) is 0 Å². The molecule has 1 aliphatic rings. The molecule has 3 rings (SSSR count). The number of benzene rings is 2. The fourth-order valence-corrected chi connectivity index (χ4v) is 3.56. The molecule has 0 radical (unpaired) electrons. The molecule has 0 spiro atoms. The third-order valence-corrected chi connectivity index (χ3v) is 4.77. The molecule has 4 nitrogen and oxygen atoms in total. The zero-order chi connectivity index (χ0) is 16.9. The largest absolute Gasteiger partial charge is 0.481 e. The fraction of sp³-hybridized carbons (Fsp3) is 0.400. The number of hydrogen-bond donors (Lipinski definition) is 1. The average molecular weight is 325 g/mol. The molecule has 4 heteroatoms.